The molecule has 0 saturated carbocycles. The Bertz CT molecular complexity index is 625. The molecule has 1 aromatic carbocycles. The lowest BCUT2D eigenvalue weighted by atomic mass is 10.2. The van der Waals surface area contributed by atoms with E-state index in [0.717, 1.165) is 27.1 Å². The van der Waals surface area contributed by atoms with Crippen LogP contribution in [-0.4, -0.2) is 22.7 Å². The first-order valence-corrected chi connectivity index (χ1v) is 7.58. The molecule has 2 rings (SSSR count). The molecule has 0 saturated heterocycles. The van der Waals surface area contributed by atoms with Gasteiger partial charge in [0, 0.05) is 4.88 Å². The van der Waals surface area contributed by atoms with Crippen molar-refractivity contribution in [1.82, 2.24) is 4.98 Å². The van der Waals surface area contributed by atoms with Gasteiger partial charge in [0.05, 0.1) is 24.4 Å². The summed E-state index contributed by atoms with van der Waals surface area (Å²) in [6.07, 6.45) is 0.631. The zero-order valence-corrected chi connectivity index (χ0v) is 12.9. The van der Waals surface area contributed by atoms with Crippen LogP contribution in [0.5, 0.6) is 5.75 Å². The Morgan fingerprint density at radius 3 is 2.90 bits per heavy atom. The van der Waals surface area contributed by atoms with E-state index < -0.39 is 5.97 Å². The highest BCUT2D eigenvalue weighted by Crippen LogP contribution is 2.31. The molecular formula is C15H18N2O3S. The van der Waals surface area contributed by atoms with Gasteiger partial charge in [-0.05, 0) is 32.4 Å². The molecule has 0 aliphatic carbocycles. The molecule has 2 N–H and O–H groups in total. The van der Waals surface area contributed by atoms with Gasteiger partial charge in [0.2, 0.25) is 0 Å². The number of para-hydroxylation sites is 2. The molecule has 6 heteroatoms. The number of thiazole rings is 1. The quantitative estimate of drug-likeness (QED) is 0.817. The van der Waals surface area contributed by atoms with Gasteiger partial charge in [0.25, 0.3) is 0 Å². The monoisotopic (exact) mass is 306 g/mol. The van der Waals surface area contributed by atoms with Gasteiger partial charge in [0.1, 0.15) is 5.75 Å². The third-order valence-corrected chi connectivity index (χ3v) is 4.02. The van der Waals surface area contributed by atoms with E-state index in [-0.39, 0.29) is 6.42 Å². The van der Waals surface area contributed by atoms with Crippen molar-refractivity contribution in [2.45, 2.75) is 26.7 Å². The van der Waals surface area contributed by atoms with Crippen molar-refractivity contribution in [2.24, 2.45) is 0 Å². The zero-order valence-electron chi connectivity index (χ0n) is 12.0. The summed E-state index contributed by atoms with van der Waals surface area (Å²) in [6.45, 7) is 4.43. The van der Waals surface area contributed by atoms with Crippen molar-refractivity contribution in [3.63, 3.8) is 0 Å². The largest absolute Gasteiger partial charge is 0.492 e. The molecule has 0 fully saturated rings. The fourth-order valence-electron chi connectivity index (χ4n) is 1.90. The number of rotatable bonds is 7. The molecular weight excluding hydrogens is 288 g/mol. The molecule has 0 aliphatic rings. The van der Waals surface area contributed by atoms with Crippen molar-refractivity contribution in [2.75, 3.05) is 11.9 Å². The van der Waals surface area contributed by atoms with Crippen LogP contribution in [-0.2, 0) is 11.2 Å². The van der Waals surface area contributed by atoms with Crippen LogP contribution in [0.1, 0.15) is 23.9 Å². The molecule has 2 aromatic rings. The van der Waals surface area contributed by atoms with E-state index in [1.54, 1.807) is 0 Å². The highest BCUT2D eigenvalue weighted by molar-refractivity contribution is 7.15. The first kappa shape index (κ1) is 15.3. The minimum atomic E-state index is -0.793. The standard InChI is InChI=1S/C15H18N2O3S/c1-3-20-12-7-5-4-6-11(12)17-15-16-10(2)13(21-15)8-9-14(18)19/h4-7H,3,8-9H2,1-2H3,(H,16,17)(H,18,19). The topological polar surface area (TPSA) is 71.5 Å². The zero-order chi connectivity index (χ0) is 15.2. The maximum absolute atomic E-state index is 10.7. The van der Waals surface area contributed by atoms with Crippen LogP contribution in [0, 0.1) is 6.92 Å². The predicted molar refractivity (Wildman–Crippen MR) is 83.7 cm³/mol. The molecule has 1 heterocycles. The SMILES string of the molecule is CCOc1ccccc1Nc1nc(C)c(CCC(=O)O)s1. The second-order valence-corrected chi connectivity index (χ2v) is 5.56. The molecule has 0 unspecified atom stereocenters. The Kier molecular flexibility index (Phi) is 5.16. The fourth-order valence-corrected chi connectivity index (χ4v) is 2.87. The molecule has 1 aromatic heterocycles. The Labute approximate surface area is 127 Å². The molecule has 0 amide bonds. The van der Waals surface area contributed by atoms with E-state index in [9.17, 15) is 4.79 Å². The Balaban J connectivity index is 2.13. The van der Waals surface area contributed by atoms with E-state index in [1.807, 2.05) is 38.1 Å². The van der Waals surface area contributed by atoms with Crippen LogP contribution < -0.4 is 10.1 Å². The summed E-state index contributed by atoms with van der Waals surface area (Å²) in [5, 5.41) is 12.7. The van der Waals surface area contributed by atoms with Crippen LogP contribution in [0.2, 0.25) is 0 Å². The van der Waals surface area contributed by atoms with Gasteiger partial charge < -0.3 is 15.2 Å². The van der Waals surface area contributed by atoms with Gasteiger partial charge in [-0.15, -0.1) is 11.3 Å². The molecule has 0 aliphatic heterocycles. The van der Waals surface area contributed by atoms with Gasteiger partial charge in [-0.3, -0.25) is 4.79 Å². The number of ether oxygens (including phenoxy) is 1. The molecule has 112 valence electrons. The molecule has 5 nitrogen and oxygen atoms in total. The van der Waals surface area contributed by atoms with Crippen molar-refractivity contribution < 1.29 is 14.6 Å². The Hall–Kier alpha value is -2.08. The number of carboxylic acid groups (broad SMARTS) is 1. The Morgan fingerprint density at radius 1 is 1.43 bits per heavy atom. The number of carboxylic acids is 1. The second kappa shape index (κ2) is 7.08. The summed E-state index contributed by atoms with van der Waals surface area (Å²) in [4.78, 5) is 16.1. The highest BCUT2D eigenvalue weighted by atomic mass is 32.1. The van der Waals surface area contributed by atoms with Crippen LogP contribution in [0.25, 0.3) is 0 Å². The van der Waals surface area contributed by atoms with Gasteiger partial charge in [0.15, 0.2) is 5.13 Å². The molecule has 21 heavy (non-hydrogen) atoms. The summed E-state index contributed by atoms with van der Waals surface area (Å²) >= 11 is 1.48. The van der Waals surface area contributed by atoms with E-state index in [4.69, 9.17) is 9.84 Å². The number of anilines is 2. The molecule has 0 radical (unpaired) electrons. The lowest BCUT2D eigenvalue weighted by molar-refractivity contribution is -0.136. The second-order valence-electron chi connectivity index (χ2n) is 4.48. The highest BCUT2D eigenvalue weighted by Gasteiger charge is 2.11. The van der Waals surface area contributed by atoms with Gasteiger partial charge in [-0.1, -0.05) is 12.1 Å². The smallest absolute Gasteiger partial charge is 0.303 e. The summed E-state index contributed by atoms with van der Waals surface area (Å²) in [7, 11) is 0. The van der Waals surface area contributed by atoms with Crippen molar-refractivity contribution in [3.8, 4) is 5.75 Å². The number of hydrogen-bond donors (Lipinski definition) is 2. The number of aliphatic carboxylic acids is 1. The average molecular weight is 306 g/mol. The van der Waals surface area contributed by atoms with Gasteiger partial charge in [-0.2, -0.15) is 0 Å². The van der Waals surface area contributed by atoms with E-state index >= 15 is 0 Å². The number of aromatic nitrogens is 1. The third-order valence-electron chi connectivity index (χ3n) is 2.89. The van der Waals surface area contributed by atoms with Crippen LogP contribution in [0.4, 0.5) is 10.8 Å². The maximum Gasteiger partial charge on any atom is 0.303 e. The summed E-state index contributed by atoms with van der Waals surface area (Å²) in [5.41, 5.74) is 1.73. The molecule has 0 spiro atoms. The lowest BCUT2D eigenvalue weighted by Crippen LogP contribution is -1.97. The number of aryl methyl sites for hydroxylation is 2. The minimum Gasteiger partial charge on any atom is -0.492 e. The first-order chi connectivity index (χ1) is 10.1. The van der Waals surface area contributed by atoms with Gasteiger partial charge in [-0.25, -0.2) is 4.98 Å². The third kappa shape index (κ3) is 4.19. The summed E-state index contributed by atoms with van der Waals surface area (Å²) in [5.74, 6) is -0.0149. The average Bonchev–Trinajstić information content (AvgIpc) is 2.79. The summed E-state index contributed by atoms with van der Waals surface area (Å²) in [6, 6.07) is 7.68. The lowest BCUT2D eigenvalue weighted by Gasteiger charge is -2.09. The molecule has 0 bridgehead atoms. The van der Waals surface area contributed by atoms with Crippen molar-refractivity contribution in [1.29, 1.82) is 0 Å². The number of nitrogens with zero attached hydrogens (tertiary/aromatic N) is 1. The number of carbonyl (C=O) groups is 1. The van der Waals surface area contributed by atoms with E-state index in [2.05, 4.69) is 10.3 Å². The summed E-state index contributed by atoms with van der Waals surface area (Å²) < 4.78 is 5.56. The van der Waals surface area contributed by atoms with Crippen molar-refractivity contribution in [3.05, 3.63) is 34.8 Å². The fraction of sp³-hybridized carbons (Fsp3) is 0.333. The van der Waals surface area contributed by atoms with Crippen LogP contribution in [0.15, 0.2) is 24.3 Å². The predicted octanol–water partition coefficient (Wildman–Crippen LogP) is 3.61. The molecule has 0 atom stereocenters. The number of benzene rings is 1. The van der Waals surface area contributed by atoms with Gasteiger partial charge >= 0.3 is 5.97 Å². The number of hydrogen-bond acceptors (Lipinski definition) is 5. The van der Waals surface area contributed by atoms with E-state index in [0.29, 0.717) is 13.0 Å². The van der Waals surface area contributed by atoms with Crippen molar-refractivity contribution >= 4 is 28.1 Å². The minimum absolute atomic E-state index is 0.123. The maximum atomic E-state index is 10.7. The van der Waals surface area contributed by atoms with Crippen LogP contribution >= 0.6 is 11.3 Å². The normalized spacial score (nSPS) is 10.4. The van der Waals surface area contributed by atoms with E-state index in [1.165, 1.54) is 11.3 Å². The van der Waals surface area contributed by atoms with Crippen LogP contribution in [0.3, 0.4) is 0 Å². The number of nitrogens with one attached hydrogen (secondary N) is 1. The first-order valence-electron chi connectivity index (χ1n) is 6.77. The Morgan fingerprint density at radius 2 is 2.19 bits per heavy atom.